The van der Waals surface area contributed by atoms with E-state index < -0.39 is 45.0 Å². The van der Waals surface area contributed by atoms with Crippen molar-refractivity contribution in [3.05, 3.63) is 72.0 Å². The second kappa shape index (κ2) is 9.45. The summed E-state index contributed by atoms with van der Waals surface area (Å²) >= 11 is 3.81. The van der Waals surface area contributed by atoms with Crippen LogP contribution in [0, 0.1) is 22.0 Å². The van der Waals surface area contributed by atoms with Gasteiger partial charge in [-0.3, -0.25) is 19.8 Å². The number of halogens is 7. The van der Waals surface area contributed by atoms with Gasteiger partial charge in [0.05, 0.1) is 21.4 Å². The summed E-state index contributed by atoms with van der Waals surface area (Å²) in [6.45, 7) is 2.73. The minimum Gasteiger partial charge on any atom is -0.347 e. The number of benzene rings is 2. The zero-order valence-electron chi connectivity index (χ0n) is 19.1. The molecule has 1 aromatic heterocycles. The Morgan fingerprint density at radius 2 is 1.68 bits per heavy atom. The summed E-state index contributed by atoms with van der Waals surface area (Å²) in [6, 6.07) is 4.97. The number of nitrogens with zero attached hydrogens (tertiary/aromatic N) is 4. The topological polar surface area (TPSA) is 79.6 Å². The maximum Gasteiger partial charge on any atom is 0.417 e. The Balaban J connectivity index is 1.33. The fourth-order valence-electron chi connectivity index (χ4n) is 5.10. The van der Waals surface area contributed by atoms with Crippen molar-refractivity contribution in [1.29, 1.82) is 0 Å². The van der Waals surface area contributed by atoms with Crippen LogP contribution in [-0.2, 0) is 18.9 Å². The van der Waals surface area contributed by atoms with Gasteiger partial charge in [-0.15, -0.1) is 0 Å². The van der Waals surface area contributed by atoms with E-state index in [0.29, 0.717) is 44.9 Å². The van der Waals surface area contributed by atoms with Crippen LogP contribution in [0.15, 0.2) is 39.6 Å². The quantitative estimate of drug-likeness (QED) is 0.204. The van der Waals surface area contributed by atoms with E-state index in [1.54, 1.807) is 0 Å². The van der Waals surface area contributed by atoms with Crippen LogP contribution in [0.1, 0.15) is 16.7 Å². The number of nitro groups is 1. The molecule has 0 bridgehead atoms. The van der Waals surface area contributed by atoms with Crippen LogP contribution in [0.2, 0.25) is 0 Å². The third-order valence-electron chi connectivity index (χ3n) is 6.79. The smallest absolute Gasteiger partial charge is 0.347 e. The molecular weight excluding hydrogens is 606 g/mol. The number of fused-ring (bicyclic) bond motifs is 2. The number of rotatable bonds is 4. The molecule has 202 valence electrons. The average molecular weight is 623 g/mol. The molecule has 5 rings (SSSR count). The van der Waals surface area contributed by atoms with Gasteiger partial charge in [-0.1, -0.05) is 33.3 Å². The van der Waals surface area contributed by atoms with E-state index in [1.807, 2.05) is 4.90 Å². The molecule has 2 atom stereocenters. The second-order valence-corrected chi connectivity index (χ2v) is 11.2. The van der Waals surface area contributed by atoms with Crippen molar-refractivity contribution in [2.24, 2.45) is 11.8 Å². The van der Waals surface area contributed by atoms with E-state index in [-0.39, 0.29) is 26.1 Å². The Hall–Kier alpha value is -2.78. The summed E-state index contributed by atoms with van der Waals surface area (Å²) in [5.41, 5.74) is -3.07. The molecule has 3 aromatic rings. The number of anilines is 1. The predicted octanol–water partition coefficient (Wildman–Crippen LogP) is 5.93. The maximum absolute atomic E-state index is 13.2. The fourth-order valence-corrected chi connectivity index (χ4v) is 6.83. The van der Waals surface area contributed by atoms with E-state index >= 15 is 0 Å². The van der Waals surface area contributed by atoms with Crippen LogP contribution in [0.4, 0.5) is 37.2 Å². The summed E-state index contributed by atoms with van der Waals surface area (Å²) in [7, 11) is 0. The highest BCUT2D eigenvalue weighted by Crippen LogP contribution is 2.41. The number of hydrogen-bond donors (Lipinski definition) is 0. The molecule has 2 aliphatic rings. The van der Waals surface area contributed by atoms with E-state index in [2.05, 4.69) is 25.8 Å². The monoisotopic (exact) mass is 622 g/mol. The van der Waals surface area contributed by atoms with Crippen molar-refractivity contribution in [2.45, 2.75) is 18.9 Å². The van der Waals surface area contributed by atoms with Gasteiger partial charge in [0.15, 0.2) is 5.13 Å². The van der Waals surface area contributed by atoms with Crippen molar-refractivity contribution >= 4 is 48.2 Å². The van der Waals surface area contributed by atoms with Gasteiger partial charge < -0.3 is 4.90 Å². The number of hydrogen-bond acceptors (Lipinski definition) is 7. The van der Waals surface area contributed by atoms with Crippen LogP contribution in [-0.4, -0.2) is 41.0 Å². The summed E-state index contributed by atoms with van der Waals surface area (Å²) in [5, 5.41) is 11.3. The molecule has 7 nitrogen and oxygen atoms in total. The van der Waals surface area contributed by atoms with Crippen LogP contribution >= 0.6 is 27.3 Å². The highest BCUT2D eigenvalue weighted by Gasteiger charge is 2.41. The molecule has 0 saturated carbocycles. The lowest BCUT2D eigenvalue weighted by atomic mass is 10.0. The van der Waals surface area contributed by atoms with Crippen molar-refractivity contribution in [3.8, 4) is 0 Å². The number of non-ortho nitro benzene ring substituents is 1. The molecule has 3 heterocycles. The zero-order chi connectivity index (χ0) is 27.6. The standard InChI is InChI=1S/C23H17BrF6N4O3S/c24-17-3-11(1-2-16(17)23(28,29)30)6-32-7-12-9-33(10-13(12)8-32)21-31-20(35)15-4-14(22(25,26)27)5-18(34(36)37)19(15)38-21/h1-5,12-13H,6-10H2. The predicted molar refractivity (Wildman–Crippen MR) is 131 cm³/mol. The minimum absolute atomic E-state index is 0.0261. The molecule has 2 unspecified atom stereocenters. The fraction of sp³-hybridized carbons (Fsp3) is 0.391. The van der Waals surface area contributed by atoms with Gasteiger partial charge in [-0.05, 0) is 35.6 Å². The summed E-state index contributed by atoms with van der Waals surface area (Å²) in [4.78, 5) is 31.1. The Kier molecular flexibility index (Phi) is 6.67. The minimum atomic E-state index is -4.86. The molecule has 2 aromatic carbocycles. The maximum atomic E-state index is 13.2. The molecule has 2 saturated heterocycles. The van der Waals surface area contributed by atoms with Crippen molar-refractivity contribution in [3.63, 3.8) is 0 Å². The first-order valence-electron chi connectivity index (χ1n) is 11.2. The number of likely N-dealkylation sites (tertiary alicyclic amines) is 1. The Morgan fingerprint density at radius 1 is 1.03 bits per heavy atom. The largest absolute Gasteiger partial charge is 0.417 e. The third kappa shape index (κ3) is 5.10. The van der Waals surface area contributed by atoms with Gasteiger partial charge in [0.1, 0.15) is 4.70 Å². The van der Waals surface area contributed by atoms with Crippen LogP contribution < -0.4 is 10.5 Å². The van der Waals surface area contributed by atoms with E-state index in [4.69, 9.17) is 0 Å². The summed E-state index contributed by atoms with van der Waals surface area (Å²) in [6.07, 6.45) is -9.31. The molecule has 2 aliphatic heterocycles. The highest BCUT2D eigenvalue weighted by atomic mass is 79.9. The van der Waals surface area contributed by atoms with Crippen molar-refractivity contribution in [2.75, 3.05) is 31.1 Å². The van der Waals surface area contributed by atoms with Gasteiger partial charge in [-0.25, -0.2) is 0 Å². The summed E-state index contributed by atoms with van der Waals surface area (Å²) < 4.78 is 78.4. The molecule has 2 fully saturated rings. The van der Waals surface area contributed by atoms with Crippen LogP contribution in [0.3, 0.4) is 0 Å². The first-order chi connectivity index (χ1) is 17.7. The molecule has 38 heavy (non-hydrogen) atoms. The average Bonchev–Trinajstić information content (AvgIpc) is 3.35. The first-order valence-corrected chi connectivity index (χ1v) is 12.8. The Morgan fingerprint density at radius 3 is 2.24 bits per heavy atom. The SMILES string of the molecule is O=c1nc(N2CC3CN(Cc4ccc(C(F)(F)F)c(Br)c4)CC3C2)sc2c([N+](=O)[O-])cc(C(F)(F)F)cc12. The molecule has 0 aliphatic carbocycles. The number of alkyl halides is 6. The second-order valence-electron chi connectivity index (χ2n) is 9.36. The first kappa shape index (κ1) is 26.8. The normalized spacial score (nSPS) is 20.3. The van der Waals surface area contributed by atoms with Crippen LogP contribution in [0.5, 0.6) is 0 Å². The lowest BCUT2D eigenvalue weighted by molar-refractivity contribution is -0.383. The van der Waals surface area contributed by atoms with Crippen molar-refractivity contribution in [1.82, 2.24) is 9.88 Å². The summed E-state index contributed by atoms with van der Waals surface area (Å²) in [5.74, 6) is 0.325. The van der Waals surface area contributed by atoms with Gasteiger partial charge in [0.25, 0.3) is 11.2 Å². The lowest BCUT2D eigenvalue weighted by Crippen LogP contribution is -2.29. The Bertz CT molecular complexity index is 1480. The number of nitro benzene ring substituents is 1. The van der Waals surface area contributed by atoms with E-state index in [9.17, 15) is 41.3 Å². The van der Waals surface area contributed by atoms with E-state index in [1.165, 1.54) is 12.1 Å². The molecule has 0 N–H and O–H groups in total. The van der Waals surface area contributed by atoms with Gasteiger partial charge in [0.2, 0.25) is 0 Å². The van der Waals surface area contributed by atoms with E-state index in [0.717, 1.165) is 23.0 Å². The van der Waals surface area contributed by atoms with Gasteiger partial charge in [0, 0.05) is 43.3 Å². The van der Waals surface area contributed by atoms with Crippen molar-refractivity contribution < 1.29 is 31.3 Å². The zero-order valence-corrected chi connectivity index (χ0v) is 21.5. The Labute approximate surface area is 223 Å². The van der Waals surface area contributed by atoms with Gasteiger partial charge in [-0.2, -0.15) is 31.3 Å². The molecule has 0 amide bonds. The third-order valence-corrected chi connectivity index (χ3v) is 8.61. The molecule has 15 heteroatoms. The lowest BCUT2D eigenvalue weighted by Gasteiger charge is -2.22. The van der Waals surface area contributed by atoms with Gasteiger partial charge >= 0.3 is 12.4 Å². The molecule has 0 radical (unpaired) electrons. The van der Waals surface area contributed by atoms with Crippen LogP contribution in [0.25, 0.3) is 10.1 Å². The highest BCUT2D eigenvalue weighted by molar-refractivity contribution is 9.10. The molecule has 0 spiro atoms. The number of aromatic nitrogens is 1. The molecular formula is C23H17BrF6N4O3S.